The lowest BCUT2D eigenvalue weighted by Gasteiger charge is -2.31. The number of nitrogens with zero attached hydrogens (tertiary/aromatic N) is 3. The van der Waals surface area contributed by atoms with Gasteiger partial charge in [0, 0.05) is 25.1 Å². The Balaban J connectivity index is 0.00000324. The standard InChI is InChI=1S/C24H28ClFN4O3.ClH/c1-31-11-10-30-8-6-16(7-9-30)14-33-22-12-17-20(13-21(22)32-2)27-15-28-24(17)29-19-5-3-4-18(25)23(19)26;/h3-5,12-13,15-16H,6-11,14H2,1-2H3,(H,27,28,29);1H. The molecule has 0 bridgehead atoms. The van der Waals surface area contributed by atoms with E-state index in [2.05, 4.69) is 20.2 Å². The molecule has 10 heteroatoms. The molecule has 0 amide bonds. The zero-order valence-electron chi connectivity index (χ0n) is 19.2. The van der Waals surface area contributed by atoms with E-state index >= 15 is 0 Å². The van der Waals surface area contributed by atoms with E-state index in [0.717, 1.165) is 39.1 Å². The van der Waals surface area contributed by atoms with Gasteiger partial charge in [0.2, 0.25) is 0 Å². The molecule has 0 aliphatic carbocycles. The van der Waals surface area contributed by atoms with Crippen LogP contribution in [0.4, 0.5) is 15.9 Å². The Morgan fingerprint density at radius 3 is 2.68 bits per heavy atom. The average Bonchev–Trinajstić information content (AvgIpc) is 2.84. The first-order valence-electron chi connectivity index (χ1n) is 11.0. The SMILES string of the molecule is COCCN1CCC(COc2cc3c(Nc4cccc(Cl)c4F)ncnc3cc2OC)CC1.Cl. The Kier molecular flexibility index (Phi) is 9.53. The van der Waals surface area contributed by atoms with Crippen LogP contribution in [0, 0.1) is 11.7 Å². The maximum Gasteiger partial charge on any atom is 0.165 e. The van der Waals surface area contributed by atoms with Crippen LogP contribution in [0.25, 0.3) is 10.9 Å². The predicted molar refractivity (Wildman–Crippen MR) is 135 cm³/mol. The molecule has 0 spiro atoms. The normalized spacial score (nSPS) is 14.6. The molecule has 0 atom stereocenters. The molecule has 0 radical (unpaired) electrons. The third-order valence-electron chi connectivity index (χ3n) is 5.92. The molecule has 1 saturated heterocycles. The predicted octanol–water partition coefficient (Wildman–Crippen LogP) is 5.33. The van der Waals surface area contributed by atoms with Crippen LogP contribution >= 0.6 is 24.0 Å². The van der Waals surface area contributed by atoms with Crippen molar-refractivity contribution in [2.45, 2.75) is 12.8 Å². The lowest BCUT2D eigenvalue weighted by Crippen LogP contribution is -2.37. The summed E-state index contributed by atoms with van der Waals surface area (Å²) in [5.74, 6) is 1.59. The molecule has 7 nitrogen and oxygen atoms in total. The number of likely N-dealkylation sites (tertiary alicyclic amines) is 1. The first-order valence-corrected chi connectivity index (χ1v) is 11.3. The second-order valence-corrected chi connectivity index (χ2v) is 8.46. The molecule has 1 N–H and O–H groups in total. The number of halogens is 3. The Bertz CT molecular complexity index is 1100. The van der Waals surface area contributed by atoms with Gasteiger partial charge in [-0.15, -0.1) is 12.4 Å². The molecule has 1 aromatic heterocycles. The van der Waals surface area contributed by atoms with Crippen molar-refractivity contribution in [3.8, 4) is 11.5 Å². The zero-order valence-corrected chi connectivity index (χ0v) is 20.8. The fraction of sp³-hybridized carbons (Fsp3) is 0.417. The van der Waals surface area contributed by atoms with E-state index in [4.69, 9.17) is 25.8 Å². The Labute approximate surface area is 210 Å². The van der Waals surface area contributed by atoms with Gasteiger partial charge >= 0.3 is 0 Å². The number of methoxy groups -OCH3 is 2. The highest BCUT2D eigenvalue weighted by Gasteiger charge is 2.21. The second kappa shape index (κ2) is 12.4. The summed E-state index contributed by atoms with van der Waals surface area (Å²) in [7, 11) is 3.33. The minimum atomic E-state index is -0.534. The fourth-order valence-corrected chi connectivity index (χ4v) is 4.14. The van der Waals surface area contributed by atoms with Gasteiger partial charge < -0.3 is 24.4 Å². The zero-order chi connectivity index (χ0) is 23.2. The number of hydrogen-bond acceptors (Lipinski definition) is 7. The van der Waals surface area contributed by atoms with E-state index in [1.54, 1.807) is 32.4 Å². The average molecular weight is 511 g/mol. The van der Waals surface area contributed by atoms with Crippen LogP contribution in [-0.2, 0) is 4.74 Å². The maximum absolute atomic E-state index is 14.4. The van der Waals surface area contributed by atoms with Crippen LogP contribution in [-0.4, -0.2) is 61.9 Å². The number of fused-ring (bicyclic) bond motifs is 1. The minimum absolute atomic E-state index is 0. The van der Waals surface area contributed by atoms with Crippen molar-refractivity contribution >= 4 is 46.4 Å². The minimum Gasteiger partial charge on any atom is -0.493 e. The summed E-state index contributed by atoms with van der Waals surface area (Å²) in [4.78, 5) is 11.1. The van der Waals surface area contributed by atoms with Crippen LogP contribution in [0.5, 0.6) is 11.5 Å². The summed E-state index contributed by atoms with van der Waals surface area (Å²) < 4.78 is 31.3. The summed E-state index contributed by atoms with van der Waals surface area (Å²) in [6.07, 6.45) is 3.57. The van der Waals surface area contributed by atoms with Crippen molar-refractivity contribution < 1.29 is 18.6 Å². The van der Waals surface area contributed by atoms with E-state index in [-0.39, 0.29) is 23.1 Å². The van der Waals surface area contributed by atoms with Gasteiger partial charge in [-0.05, 0) is 50.0 Å². The molecule has 2 heterocycles. The third-order valence-corrected chi connectivity index (χ3v) is 6.21. The summed E-state index contributed by atoms with van der Waals surface area (Å²) in [6.45, 7) is 4.40. The molecule has 3 aromatic rings. The molecular weight excluding hydrogens is 482 g/mol. The summed E-state index contributed by atoms with van der Waals surface area (Å²) in [5, 5.41) is 3.76. The van der Waals surface area contributed by atoms with Gasteiger partial charge in [0.15, 0.2) is 17.3 Å². The van der Waals surface area contributed by atoms with Crippen molar-refractivity contribution in [1.82, 2.24) is 14.9 Å². The van der Waals surface area contributed by atoms with E-state index in [1.165, 1.54) is 12.4 Å². The molecule has 0 unspecified atom stereocenters. The number of piperidine rings is 1. The third kappa shape index (κ3) is 6.18. The van der Waals surface area contributed by atoms with Gasteiger partial charge in [0.25, 0.3) is 0 Å². The molecule has 0 saturated carbocycles. The lowest BCUT2D eigenvalue weighted by molar-refractivity contribution is 0.104. The Hall–Kier alpha value is -2.39. The maximum atomic E-state index is 14.4. The van der Waals surface area contributed by atoms with Crippen molar-refractivity contribution in [3.05, 3.63) is 47.5 Å². The number of aromatic nitrogens is 2. The molecule has 1 aliphatic heterocycles. The molecule has 2 aromatic carbocycles. The number of anilines is 2. The van der Waals surface area contributed by atoms with Crippen molar-refractivity contribution in [2.24, 2.45) is 5.92 Å². The summed E-state index contributed by atoms with van der Waals surface area (Å²) >= 11 is 5.92. The quantitative estimate of drug-likeness (QED) is 0.416. The van der Waals surface area contributed by atoms with Gasteiger partial charge in [-0.25, -0.2) is 14.4 Å². The molecule has 1 aliphatic rings. The molecule has 34 heavy (non-hydrogen) atoms. The van der Waals surface area contributed by atoms with E-state index in [1.807, 2.05) is 6.07 Å². The second-order valence-electron chi connectivity index (χ2n) is 8.06. The van der Waals surface area contributed by atoms with Crippen LogP contribution in [0.1, 0.15) is 12.8 Å². The van der Waals surface area contributed by atoms with E-state index in [0.29, 0.717) is 40.7 Å². The van der Waals surface area contributed by atoms with E-state index in [9.17, 15) is 4.39 Å². The van der Waals surface area contributed by atoms with Crippen LogP contribution < -0.4 is 14.8 Å². The topological polar surface area (TPSA) is 68.7 Å². The molecular formula is C24H29Cl2FN4O3. The van der Waals surface area contributed by atoms with Gasteiger partial charge in [-0.1, -0.05) is 17.7 Å². The van der Waals surface area contributed by atoms with Crippen molar-refractivity contribution in [1.29, 1.82) is 0 Å². The number of ether oxygens (including phenoxy) is 3. The number of rotatable bonds is 9. The molecule has 1 fully saturated rings. The lowest BCUT2D eigenvalue weighted by atomic mass is 9.98. The first kappa shape index (κ1) is 26.2. The fourth-order valence-electron chi connectivity index (χ4n) is 3.97. The highest BCUT2D eigenvalue weighted by molar-refractivity contribution is 6.31. The highest BCUT2D eigenvalue weighted by atomic mass is 35.5. The number of benzene rings is 2. The summed E-state index contributed by atoms with van der Waals surface area (Å²) in [6, 6.07) is 8.43. The Morgan fingerprint density at radius 1 is 1.15 bits per heavy atom. The highest BCUT2D eigenvalue weighted by Crippen LogP contribution is 2.36. The summed E-state index contributed by atoms with van der Waals surface area (Å²) in [5.41, 5.74) is 0.895. The van der Waals surface area contributed by atoms with Crippen molar-refractivity contribution in [2.75, 3.05) is 52.4 Å². The molecule has 184 valence electrons. The number of hydrogen-bond donors (Lipinski definition) is 1. The van der Waals surface area contributed by atoms with Gasteiger partial charge in [-0.2, -0.15) is 0 Å². The Morgan fingerprint density at radius 2 is 1.94 bits per heavy atom. The van der Waals surface area contributed by atoms with Gasteiger partial charge in [-0.3, -0.25) is 0 Å². The first-order chi connectivity index (χ1) is 16.1. The van der Waals surface area contributed by atoms with E-state index < -0.39 is 5.82 Å². The van der Waals surface area contributed by atoms with Crippen molar-refractivity contribution in [3.63, 3.8) is 0 Å². The van der Waals surface area contributed by atoms with Crippen LogP contribution in [0.15, 0.2) is 36.7 Å². The largest absolute Gasteiger partial charge is 0.493 e. The smallest absolute Gasteiger partial charge is 0.165 e. The van der Waals surface area contributed by atoms with Gasteiger partial charge in [0.05, 0.1) is 36.6 Å². The van der Waals surface area contributed by atoms with Crippen LogP contribution in [0.3, 0.4) is 0 Å². The number of nitrogens with one attached hydrogen (secondary N) is 1. The molecule has 4 rings (SSSR count). The van der Waals surface area contributed by atoms with Gasteiger partial charge in [0.1, 0.15) is 12.1 Å². The monoisotopic (exact) mass is 510 g/mol. The van der Waals surface area contributed by atoms with Crippen LogP contribution in [0.2, 0.25) is 5.02 Å².